The Morgan fingerprint density at radius 2 is 2.00 bits per heavy atom. The standard InChI is InChI=1S/C11H8BrF3N2O2/c1-5-3-6(19-2)4-7-16-9(11(13,14)15)8(12)10(18)17(5)7/h3-4H,1-2H3. The SMILES string of the molecule is COc1cc(C)n2c(=O)c(Br)c(C(F)(F)F)nc2c1. The van der Waals surface area contributed by atoms with Gasteiger partial charge in [0.15, 0.2) is 5.69 Å². The zero-order valence-corrected chi connectivity index (χ0v) is 11.5. The summed E-state index contributed by atoms with van der Waals surface area (Å²) in [7, 11) is 1.38. The molecule has 0 atom stereocenters. The van der Waals surface area contributed by atoms with Crippen molar-refractivity contribution in [3.63, 3.8) is 0 Å². The van der Waals surface area contributed by atoms with Crippen molar-refractivity contribution in [1.82, 2.24) is 9.38 Å². The molecule has 4 nitrogen and oxygen atoms in total. The third-order valence-electron chi connectivity index (χ3n) is 2.53. The van der Waals surface area contributed by atoms with E-state index < -0.39 is 21.9 Å². The number of fused-ring (bicyclic) bond motifs is 1. The second kappa shape index (κ2) is 4.52. The molecule has 102 valence electrons. The van der Waals surface area contributed by atoms with Crippen LogP contribution in [0.2, 0.25) is 0 Å². The Balaban J connectivity index is 2.93. The van der Waals surface area contributed by atoms with E-state index in [0.29, 0.717) is 11.4 Å². The predicted molar refractivity (Wildman–Crippen MR) is 65.5 cm³/mol. The van der Waals surface area contributed by atoms with Gasteiger partial charge in [-0.2, -0.15) is 13.2 Å². The molecule has 0 unspecified atom stereocenters. The maximum absolute atomic E-state index is 12.8. The molecule has 19 heavy (non-hydrogen) atoms. The van der Waals surface area contributed by atoms with Gasteiger partial charge in [-0.15, -0.1) is 0 Å². The van der Waals surface area contributed by atoms with Crippen molar-refractivity contribution in [1.29, 1.82) is 0 Å². The summed E-state index contributed by atoms with van der Waals surface area (Å²) in [6.45, 7) is 1.58. The average Bonchev–Trinajstić information content (AvgIpc) is 2.31. The zero-order valence-electron chi connectivity index (χ0n) is 9.88. The van der Waals surface area contributed by atoms with Gasteiger partial charge in [-0.1, -0.05) is 0 Å². The fraction of sp³-hybridized carbons (Fsp3) is 0.273. The van der Waals surface area contributed by atoms with Crippen molar-refractivity contribution in [3.8, 4) is 5.75 Å². The summed E-state index contributed by atoms with van der Waals surface area (Å²) in [5, 5.41) is 0. The van der Waals surface area contributed by atoms with E-state index in [4.69, 9.17) is 4.74 Å². The van der Waals surface area contributed by atoms with E-state index in [0.717, 1.165) is 4.40 Å². The van der Waals surface area contributed by atoms with Crippen LogP contribution in [0.4, 0.5) is 13.2 Å². The first-order chi connectivity index (χ1) is 8.75. The van der Waals surface area contributed by atoms with Crippen LogP contribution >= 0.6 is 15.9 Å². The Morgan fingerprint density at radius 1 is 1.37 bits per heavy atom. The molecule has 2 rings (SSSR count). The highest BCUT2D eigenvalue weighted by Gasteiger charge is 2.37. The van der Waals surface area contributed by atoms with Gasteiger partial charge >= 0.3 is 6.18 Å². The van der Waals surface area contributed by atoms with Crippen LogP contribution < -0.4 is 10.3 Å². The Labute approximate surface area is 114 Å². The second-order valence-corrected chi connectivity index (χ2v) is 4.60. The summed E-state index contributed by atoms with van der Waals surface area (Å²) < 4.78 is 43.7. The monoisotopic (exact) mass is 336 g/mol. The van der Waals surface area contributed by atoms with Gasteiger partial charge in [-0.25, -0.2) is 4.98 Å². The lowest BCUT2D eigenvalue weighted by molar-refractivity contribution is -0.141. The number of rotatable bonds is 1. The lowest BCUT2D eigenvalue weighted by Gasteiger charge is -2.12. The lowest BCUT2D eigenvalue weighted by Crippen LogP contribution is -2.24. The molecular weight excluding hydrogens is 329 g/mol. The topological polar surface area (TPSA) is 43.6 Å². The highest BCUT2D eigenvalue weighted by molar-refractivity contribution is 9.10. The van der Waals surface area contributed by atoms with Crippen LogP contribution in [-0.4, -0.2) is 16.5 Å². The summed E-state index contributed by atoms with van der Waals surface area (Å²) in [6.07, 6.45) is -4.70. The third kappa shape index (κ3) is 2.32. The van der Waals surface area contributed by atoms with Gasteiger partial charge in [-0.3, -0.25) is 9.20 Å². The first-order valence-electron chi connectivity index (χ1n) is 5.10. The molecule has 2 aromatic rings. The minimum absolute atomic E-state index is 0.114. The van der Waals surface area contributed by atoms with Crippen molar-refractivity contribution < 1.29 is 17.9 Å². The number of aromatic nitrogens is 2. The normalized spacial score (nSPS) is 11.9. The molecule has 8 heteroatoms. The van der Waals surface area contributed by atoms with Crippen LogP contribution in [0.15, 0.2) is 21.4 Å². The van der Waals surface area contributed by atoms with E-state index in [-0.39, 0.29) is 5.65 Å². The van der Waals surface area contributed by atoms with E-state index in [1.54, 1.807) is 6.92 Å². The Bertz CT molecular complexity index is 710. The number of nitrogens with zero attached hydrogens (tertiary/aromatic N) is 2. The molecular formula is C11H8BrF3N2O2. The number of pyridine rings is 1. The molecule has 0 spiro atoms. The summed E-state index contributed by atoms with van der Waals surface area (Å²) in [5.74, 6) is 0.333. The molecule has 0 aromatic carbocycles. The molecule has 0 saturated carbocycles. The smallest absolute Gasteiger partial charge is 0.434 e. The van der Waals surface area contributed by atoms with E-state index in [2.05, 4.69) is 20.9 Å². The van der Waals surface area contributed by atoms with E-state index in [1.165, 1.54) is 19.2 Å². The molecule has 0 aliphatic carbocycles. The molecule has 0 aliphatic rings. The van der Waals surface area contributed by atoms with Gasteiger partial charge < -0.3 is 4.74 Å². The van der Waals surface area contributed by atoms with Crippen molar-refractivity contribution in [2.75, 3.05) is 7.11 Å². The fourth-order valence-corrected chi connectivity index (χ4v) is 2.19. The number of hydrogen-bond acceptors (Lipinski definition) is 3. The van der Waals surface area contributed by atoms with Crippen LogP contribution in [0.25, 0.3) is 5.65 Å². The minimum atomic E-state index is -4.70. The van der Waals surface area contributed by atoms with Crippen molar-refractivity contribution in [2.24, 2.45) is 0 Å². The highest BCUT2D eigenvalue weighted by atomic mass is 79.9. The van der Waals surface area contributed by atoms with Crippen LogP contribution in [0, 0.1) is 6.92 Å². The summed E-state index contributed by atoms with van der Waals surface area (Å²) >= 11 is 2.66. The average molecular weight is 337 g/mol. The highest BCUT2D eigenvalue weighted by Crippen LogP contribution is 2.32. The fourth-order valence-electron chi connectivity index (χ4n) is 1.70. The van der Waals surface area contributed by atoms with Gasteiger partial charge in [0.2, 0.25) is 0 Å². The molecule has 0 aliphatic heterocycles. The molecule has 0 radical (unpaired) electrons. The maximum Gasteiger partial charge on any atom is 0.434 e. The van der Waals surface area contributed by atoms with Crippen molar-refractivity contribution in [2.45, 2.75) is 13.1 Å². The zero-order chi connectivity index (χ0) is 14.4. The summed E-state index contributed by atoms with van der Waals surface area (Å²) in [6, 6.07) is 2.81. The Hall–Kier alpha value is -1.57. The van der Waals surface area contributed by atoms with Crippen LogP contribution in [-0.2, 0) is 6.18 Å². The Kier molecular flexibility index (Phi) is 3.29. The molecule has 0 saturated heterocycles. The van der Waals surface area contributed by atoms with Gasteiger partial charge in [0.1, 0.15) is 15.9 Å². The second-order valence-electron chi connectivity index (χ2n) is 3.81. The van der Waals surface area contributed by atoms with Crippen molar-refractivity contribution >= 4 is 21.6 Å². The van der Waals surface area contributed by atoms with Gasteiger partial charge in [0.05, 0.1) is 7.11 Å². The van der Waals surface area contributed by atoms with Crippen LogP contribution in [0.1, 0.15) is 11.4 Å². The van der Waals surface area contributed by atoms with E-state index in [1.807, 2.05) is 0 Å². The number of ether oxygens (including phenoxy) is 1. The molecule has 0 N–H and O–H groups in total. The number of aryl methyl sites for hydroxylation is 1. The summed E-state index contributed by atoms with van der Waals surface area (Å²) in [5.41, 5.74) is -1.73. The number of hydrogen-bond donors (Lipinski definition) is 0. The molecule has 2 aromatic heterocycles. The predicted octanol–water partition coefficient (Wildman–Crippen LogP) is 2.79. The van der Waals surface area contributed by atoms with E-state index in [9.17, 15) is 18.0 Å². The van der Waals surface area contributed by atoms with E-state index >= 15 is 0 Å². The summed E-state index contributed by atoms with van der Waals surface area (Å²) in [4.78, 5) is 15.4. The number of alkyl halides is 3. The van der Waals surface area contributed by atoms with Gasteiger partial charge in [-0.05, 0) is 28.9 Å². The lowest BCUT2D eigenvalue weighted by atomic mass is 10.3. The first-order valence-corrected chi connectivity index (χ1v) is 5.89. The molecule has 0 amide bonds. The maximum atomic E-state index is 12.8. The van der Waals surface area contributed by atoms with Crippen LogP contribution in [0.5, 0.6) is 5.75 Å². The number of halogens is 4. The van der Waals surface area contributed by atoms with Gasteiger partial charge in [0.25, 0.3) is 5.56 Å². The van der Waals surface area contributed by atoms with Crippen LogP contribution in [0.3, 0.4) is 0 Å². The Morgan fingerprint density at radius 3 is 2.53 bits per heavy atom. The van der Waals surface area contributed by atoms with Gasteiger partial charge in [0, 0.05) is 11.8 Å². The quantitative estimate of drug-likeness (QED) is 0.804. The third-order valence-corrected chi connectivity index (χ3v) is 3.25. The first kappa shape index (κ1) is 13.9. The largest absolute Gasteiger partial charge is 0.497 e. The molecule has 2 heterocycles. The number of methoxy groups -OCH3 is 1. The molecule has 0 fully saturated rings. The molecule has 0 bridgehead atoms. The minimum Gasteiger partial charge on any atom is -0.497 e. The van der Waals surface area contributed by atoms with Crippen molar-refractivity contribution in [3.05, 3.63) is 38.3 Å².